The number of carbonyl (C=O) groups is 1. The van der Waals surface area contributed by atoms with Gasteiger partial charge >= 0.3 is 0 Å². The van der Waals surface area contributed by atoms with Gasteiger partial charge in [0.15, 0.2) is 4.77 Å². The first kappa shape index (κ1) is 19.4. The zero-order chi connectivity index (χ0) is 20.4. The van der Waals surface area contributed by atoms with Crippen molar-refractivity contribution in [3.8, 4) is 5.75 Å². The first-order valence-corrected chi connectivity index (χ1v) is 10.1. The van der Waals surface area contributed by atoms with Gasteiger partial charge in [0.2, 0.25) is 5.91 Å². The van der Waals surface area contributed by atoms with Crippen LogP contribution in [0.15, 0.2) is 53.3 Å². The molecule has 1 N–H and O–H groups in total. The number of hydrogen-bond acceptors (Lipinski definition) is 4. The van der Waals surface area contributed by atoms with E-state index >= 15 is 0 Å². The molecule has 1 unspecified atom stereocenters. The minimum Gasteiger partial charge on any atom is -0.497 e. The van der Waals surface area contributed by atoms with Gasteiger partial charge in [-0.05, 0) is 54.9 Å². The van der Waals surface area contributed by atoms with Crippen molar-refractivity contribution in [2.75, 3.05) is 13.7 Å². The summed E-state index contributed by atoms with van der Waals surface area (Å²) in [6, 6.07) is 15.2. The molecule has 0 spiro atoms. The number of nitrogens with zero attached hydrogens (tertiary/aromatic N) is 2. The highest BCUT2D eigenvalue weighted by atomic mass is 32.1. The van der Waals surface area contributed by atoms with E-state index in [0.29, 0.717) is 15.7 Å². The minimum absolute atomic E-state index is 0.0396. The average molecular weight is 410 g/mol. The molecule has 1 saturated heterocycles. The molecular formula is C22H23N3O3S. The van der Waals surface area contributed by atoms with E-state index in [9.17, 15) is 9.59 Å². The van der Waals surface area contributed by atoms with Crippen LogP contribution in [0, 0.1) is 4.77 Å². The lowest BCUT2D eigenvalue weighted by Gasteiger charge is -2.25. The molecule has 4 rings (SSSR count). The number of ether oxygens (including phenoxy) is 1. The number of fused-ring (bicyclic) bond motifs is 1. The molecule has 0 saturated carbocycles. The zero-order valence-corrected chi connectivity index (χ0v) is 17.1. The maximum Gasteiger partial charge on any atom is 0.262 e. The molecule has 1 fully saturated rings. The van der Waals surface area contributed by atoms with E-state index in [4.69, 9.17) is 17.0 Å². The smallest absolute Gasteiger partial charge is 0.262 e. The van der Waals surface area contributed by atoms with Crippen LogP contribution < -0.4 is 10.3 Å². The second-order valence-corrected chi connectivity index (χ2v) is 7.59. The Hall–Kier alpha value is -2.93. The van der Waals surface area contributed by atoms with Gasteiger partial charge < -0.3 is 14.6 Å². The summed E-state index contributed by atoms with van der Waals surface area (Å²) in [5, 5.41) is 0.575. The van der Waals surface area contributed by atoms with Gasteiger partial charge in [-0.3, -0.25) is 14.2 Å². The van der Waals surface area contributed by atoms with E-state index in [-0.39, 0.29) is 30.5 Å². The lowest BCUT2D eigenvalue weighted by molar-refractivity contribution is -0.132. The van der Waals surface area contributed by atoms with Crippen LogP contribution in [0.3, 0.4) is 0 Å². The van der Waals surface area contributed by atoms with Crippen molar-refractivity contribution in [3.63, 3.8) is 0 Å². The number of likely N-dealkylation sites (tertiary alicyclic amines) is 1. The third-order valence-corrected chi connectivity index (χ3v) is 5.83. The predicted octanol–water partition coefficient (Wildman–Crippen LogP) is 3.82. The molecule has 2 aromatic carbocycles. The van der Waals surface area contributed by atoms with Gasteiger partial charge in [0.1, 0.15) is 5.75 Å². The Labute approximate surface area is 173 Å². The van der Waals surface area contributed by atoms with Crippen LogP contribution in [0.4, 0.5) is 0 Å². The van der Waals surface area contributed by atoms with Crippen molar-refractivity contribution < 1.29 is 9.53 Å². The van der Waals surface area contributed by atoms with E-state index in [1.807, 2.05) is 47.4 Å². The highest BCUT2D eigenvalue weighted by Gasteiger charge is 2.29. The molecule has 1 atom stereocenters. The number of para-hydroxylation sites is 1. The number of aromatic amines is 1. The highest BCUT2D eigenvalue weighted by Crippen LogP contribution is 2.33. The quantitative estimate of drug-likeness (QED) is 0.651. The summed E-state index contributed by atoms with van der Waals surface area (Å²) in [5.41, 5.74) is 1.66. The molecule has 3 aromatic rings. The van der Waals surface area contributed by atoms with Crippen molar-refractivity contribution in [1.29, 1.82) is 0 Å². The van der Waals surface area contributed by atoms with Crippen LogP contribution in [-0.2, 0) is 11.3 Å². The zero-order valence-electron chi connectivity index (χ0n) is 16.3. The van der Waals surface area contributed by atoms with Gasteiger partial charge in [-0.1, -0.05) is 24.3 Å². The fourth-order valence-electron chi connectivity index (χ4n) is 3.99. The van der Waals surface area contributed by atoms with E-state index in [2.05, 4.69) is 4.98 Å². The van der Waals surface area contributed by atoms with Crippen molar-refractivity contribution in [3.05, 3.63) is 69.2 Å². The maximum absolute atomic E-state index is 13.0. The fraction of sp³-hybridized carbons (Fsp3) is 0.318. The Morgan fingerprint density at radius 3 is 2.72 bits per heavy atom. The number of nitrogens with one attached hydrogen (secondary N) is 1. The Morgan fingerprint density at radius 2 is 1.97 bits per heavy atom. The lowest BCUT2D eigenvalue weighted by atomic mass is 10.0. The van der Waals surface area contributed by atoms with Gasteiger partial charge in [0.25, 0.3) is 5.56 Å². The molecule has 0 radical (unpaired) electrons. The first-order chi connectivity index (χ1) is 14.1. The topological polar surface area (TPSA) is 67.3 Å². The van der Waals surface area contributed by atoms with Gasteiger partial charge in [-0.2, -0.15) is 0 Å². The summed E-state index contributed by atoms with van der Waals surface area (Å²) in [5.74, 6) is 0.840. The van der Waals surface area contributed by atoms with E-state index in [1.165, 1.54) is 4.57 Å². The molecule has 6 nitrogen and oxygen atoms in total. The minimum atomic E-state index is -0.162. The van der Waals surface area contributed by atoms with Crippen LogP contribution >= 0.6 is 12.2 Å². The molecular weight excluding hydrogens is 386 g/mol. The van der Waals surface area contributed by atoms with E-state index in [0.717, 1.165) is 30.7 Å². The van der Waals surface area contributed by atoms with Crippen LogP contribution in [0.25, 0.3) is 10.9 Å². The highest BCUT2D eigenvalue weighted by molar-refractivity contribution is 7.71. The van der Waals surface area contributed by atoms with Crippen LogP contribution in [0.5, 0.6) is 5.75 Å². The largest absolute Gasteiger partial charge is 0.497 e. The molecule has 2 heterocycles. The third kappa shape index (κ3) is 3.82. The molecule has 7 heteroatoms. The number of benzene rings is 2. The molecule has 1 aliphatic heterocycles. The number of carbonyl (C=O) groups excluding carboxylic acids is 1. The summed E-state index contributed by atoms with van der Waals surface area (Å²) < 4.78 is 7.04. The van der Waals surface area contributed by atoms with Gasteiger partial charge in [-0.15, -0.1) is 0 Å². The molecule has 1 amide bonds. The second-order valence-electron chi connectivity index (χ2n) is 7.20. The van der Waals surface area contributed by atoms with E-state index < -0.39 is 0 Å². The van der Waals surface area contributed by atoms with Crippen LogP contribution in [0.1, 0.15) is 30.9 Å². The van der Waals surface area contributed by atoms with Crippen molar-refractivity contribution in [1.82, 2.24) is 14.5 Å². The number of amides is 1. The third-order valence-electron chi connectivity index (χ3n) is 5.51. The average Bonchev–Trinajstić information content (AvgIpc) is 3.23. The Bertz CT molecular complexity index is 1150. The Morgan fingerprint density at radius 1 is 1.21 bits per heavy atom. The number of hydrogen-bond donors (Lipinski definition) is 1. The van der Waals surface area contributed by atoms with Crippen molar-refractivity contribution >= 4 is 29.0 Å². The Balaban J connectivity index is 1.51. The number of methoxy groups -OCH3 is 1. The predicted molar refractivity (Wildman–Crippen MR) is 115 cm³/mol. The summed E-state index contributed by atoms with van der Waals surface area (Å²) >= 11 is 5.35. The standard InChI is InChI=1S/C22H23N3O3S/c1-28-16-10-8-15(9-11-16)19-7-4-13-24(19)20(26)12-14-25-21(27)17-5-2-3-6-18(17)23-22(25)29/h2-3,5-6,8-11,19H,4,7,12-14H2,1H3,(H,23,29). The number of H-pyrrole nitrogens is 1. The SMILES string of the molecule is COc1ccc(C2CCCN2C(=O)CCn2c(=S)[nH]c3ccccc3c2=O)cc1. The normalized spacial score (nSPS) is 16.3. The van der Waals surface area contributed by atoms with Crippen molar-refractivity contribution in [2.45, 2.75) is 31.8 Å². The van der Waals surface area contributed by atoms with Crippen LogP contribution in [-0.4, -0.2) is 34.0 Å². The summed E-state index contributed by atoms with van der Waals surface area (Å²) in [4.78, 5) is 30.7. The molecule has 1 aliphatic rings. The maximum atomic E-state index is 13.0. The summed E-state index contributed by atoms with van der Waals surface area (Å²) in [6.45, 7) is 0.999. The fourth-order valence-corrected chi connectivity index (χ4v) is 4.28. The summed E-state index contributed by atoms with van der Waals surface area (Å²) in [7, 11) is 1.64. The number of aromatic nitrogens is 2. The lowest BCUT2D eigenvalue weighted by Crippen LogP contribution is -2.32. The summed E-state index contributed by atoms with van der Waals surface area (Å²) in [6.07, 6.45) is 2.15. The van der Waals surface area contributed by atoms with Gasteiger partial charge in [0, 0.05) is 19.5 Å². The van der Waals surface area contributed by atoms with Crippen molar-refractivity contribution in [2.24, 2.45) is 0 Å². The van der Waals surface area contributed by atoms with Crippen LogP contribution in [0.2, 0.25) is 0 Å². The Kier molecular flexibility index (Phi) is 5.49. The van der Waals surface area contributed by atoms with Gasteiger partial charge in [-0.25, -0.2) is 0 Å². The molecule has 1 aromatic heterocycles. The number of rotatable bonds is 5. The molecule has 0 bridgehead atoms. The second kappa shape index (κ2) is 8.21. The molecule has 0 aliphatic carbocycles. The molecule has 29 heavy (non-hydrogen) atoms. The van der Waals surface area contributed by atoms with Gasteiger partial charge in [0.05, 0.1) is 24.1 Å². The molecule has 150 valence electrons. The van der Waals surface area contributed by atoms with E-state index in [1.54, 1.807) is 13.2 Å². The monoisotopic (exact) mass is 409 g/mol. The first-order valence-electron chi connectivity index (χ1n) is 9.74.